The molecule has 1 aliphatic heterocycles. The molecule has 1 saturated heterocycles. The van der Waals surface area contributed by atoms with Crippen LogP contribution >= 0.6 is 11.8 Å². The van der Waals surface area contributed by atoms with Crippen LogP contribution in [-0.2, 0) is 17.8 Å². The third-order valence-electron chi connectivity index (χ3n) is 6.54. The molecule has 1 amide bonds. The summed E-state index contributed by atoms with van der Waals surface area (Å²) in [6.07, 6.45) is 0.895. The molecule has 1 aromatic heterocycles. The van der Waals surface area contributed by atoms with E-state index in [-0.39, 0.29) is 24.0 Å². The van der Waals surface area contributed by atoms with Gasteiger partial charge in [0, 0.05) is 55.9 Å². The Balaban J connectivity index is 1.24. The molecule has 3 aromatic rings. The lowest BCUT2D eigenvalue weighted by Gasteiger charge is -2.36. The summed E-state index contributed by atoms with van der Waals surface area (Å²) in [5.41, 5.74) is 3.27. The van der Waals surface area contributed by atoms with Gasteiger partial charge in [-0.2, -0.15) is 11.8 Å². The zero-order valence-electron chi connectivity index (χ0n) is 21.1. The molecule has 0 aliphatic carbocycles. The van der Waals surface area contributed by atoms with Crippen molar-refractivity contribution in [2.75, 3.05) is 47.9 Å². The molecule has 0 saturated carbocycles. The van der Waals surface area contributed by atoms with Crippen LogP contribution in [0.25, 0.3) is 0 Å². The summed E-state index contributed by atoms with van der Waals surface area (Å²) in [6, 6.07) is 13.7. The maximum atomic E-state index is 13.1. The van der Waals surface area contributed by atoms with E-state index in [1.807, 2.05) is 30.0 Å². The number of aryl methyl sites for hydroxylation is 2. The summed E-state index contributed by atoms with van der Waals surface area (Å²) in [4.78, 5) is 44.4. The Kier molecular flexibility index (Phi) is 8.70. The zero-order valence-corrected chi connectivity index (χ0v) is 21.9. The lowest BCUT2D eigenvalue weighted by Crippen LogP contribution is -2.49. The van der Waals surface area contributed by atoms with E-state index >= 15 is 0 Å². The minimum atomic E-state index is -0.485. The van der Waals surface area contributed by atoms with Crippen molar-refractivity contribution in [2.24, 2.45) is 0 Å². The number of H-pyrrole nitrogens is 1. The number of anilines is 3. The standard InChI is InChI=1S/C27H32FN5O3S/c1-3-20-16-22(7-4-19(20)2)29-24-17-25(34)33(27(36)30-24)14-15-37-18-26(35)32-12-10-31(11-13-32)23-8-5-21(28)6-9-23/h4-9,16-17,29H,3,10-15,18H2,1-2H3,(H,30,36). The number of hydrogen-bond acceptors (Lipinski definition) is 6. The molecule has 2 N–H and O–H groups in total. The molecule has 0 bridgehead atoms. The number of nitrogens with zero attached hydrogens (tertiary/aromatic N) is 3. The van der Waals surface area contributed by atoms with Crippen LogP contribution in [-0.4, -0.2) is 58.0 Å². The smallest absolute Gasteiger partial charge is 0.329 e. The first-order valence-electron chi connectivity index (χ1n) is 12.4. The van der Waals surface area contributed by atoms with Gasteiger partial charge in [0.2, 0.25) is 5.91 Å². The predicted molar refractivity (Wildman–Crippen MR) is 148 cm³/mol. The Bertz CT molecular complexity index is 1320. The van der Waals surface area contributed by atoms with Gasteiger partial charge in [-0.1, -0.05) is 13.0 Å². The fraction of sp³-hybridized carbons (Fsp3) is 0.370. The molecule has 2 heterocycles. The van der Waals surface area contributed by atoms with Gasteiger partial charge in [0.15, 0.2) is 0 Å². The third-order valence-corrected chi connectivity index (χ3v) is 7.46. The average Bonchev–Trinajstić information content (AvgIpc) is 2.89. The molecule has 1 aliphatic rings. The second-order valence-corrected chi connectivity index (χ2v) is 10.1. The molecule has 0 atom stereocenters. The van der Waals surface area contributed by atoms with Crippen molar-refractivity contribution in [3.8, 4) is 0 Å². The van der Waals surface area contributed by atoms with Crippen LogP contribution in [0, 0.1) is 12.7 Å². The first kappa shape index (κ1) is 26.5. The van der Waals surface area contributed by atoms with E-state index in [0.29, 0.717) is 37.7 Å². The summed E-state index contributed by atoms with van der Waals surface area (Å²) in [5.74, 6) is 0.873. The van der Waals surface area contributed by atoms with Crippen molar-refractivity contribution >= 4 is 34.9 Å². The highest BCUT2D eigenvalue weighted by molar-refractivity contribution is 7.99. The quantitative estimate of drug-likeness (QED) is 0.417. The van der Waals surface area contributed by atoms with Crippen LogP contribution in [0.15, 0.2) is 58.1 Å². The van der Waals surface area contributed by atoms with Gasteiger partial charge >= 0.3 is 5.69 Å². The second-order valence-electron chi connectivity index (χ2n) is 8.99. The number of piperazine rings is 1. The van der Waals surface area contributed by atoms with Gasteiger partial charge in [-0.3, -0.25) is 19.1 Å². The van der Waals surface area contributed by atoms with Crippen molar-refractivity contribution in [1.29, 1.82) is 0 Å². The molecule has 2 aromatic carbocycles. The molecule has 4 rings (SSSR count). The van der Waals surface area contributed by atoms with Crippen LogP contribution in [0.5, 0.6) is 0 Å². The van der Waals surface area contributed by atoms with Crippen molar-refractivity contribution in [1.82, 2.24) is 14.5 Å². The lowest BCUT2D eigenvalue weighted by atomic mass is 10.1. The van der Waals surface area contributed by atoms with E-state index in [4.69, 9.17) is 0 Å². The van der Waals surface area contributed by atoms with E-state index in [0.717, 1.165) is 22.4 Å². The van der Waals surface area contributed by atoms with Gasteiger partial charge in [-0.15, -0.1) is 0 Å². The van der Waals surface area contributed by atoms with E-state index in [1.165, 1.54) is 41.1 Å². The summed E-state index contributed by atoms with van der Waals surface area (Å²) in [5, 5.41) is 3.10. The van der Waals surface area contributed by atoms with E-state index in [1.54, 1.807) is 12.1 Å². The highest BCUT2D eigenvalue weighted by Gasteiger charge is 2.21. The number of thioether (sulfide) groups is 1. The number of amides is 1. The molecule has 10 heteroatoms. The Hall–Kier alpha value is -3.53. The first-order chi connectivity index (χ1) is 17.8. The van der Waals surface area contributed by atoms with E-state index in [9.17, 15) is 18.8 Å². The number of carbonyl (C=O) groups excluding carboxylic acids is 1. The number of hydrogen-bond donors (Lipinski definition) is 2. The molecule has 0 radical (unpaired) electrons. The Labute approximate surface area is 219 Å². The number of aromatic amines is 1. The Morgan fingerprint density at radius 2 is 1.78 bits per heavy atom. The minimum Gasteiger partial charge on any atom is -0.368 e. The zero-order chi connectivity index (χ0) is 26.4. The fourth-order valence-corrected chi connectivity index (χ4v) is 5.17. The van der Waals surface area contributed by atoms with Gasteiger partial charge < -0.3 is 15.1 Å². The average molecular weight is 526 g/mol. The largest absolute Gasteiger partial charge is 0.368 e. The highest BCUT2D eigenvalue weighted by Crippen LogP contribution is 2.19. The van der Waals surface area contributed by atoms with Crippen LogP contribution in [0.2, 0.25) is 0 Å². The Morgan fingerprint density at radius 1 is 1.05 bits per heavy atom. The van der Waals surface area contributed by atoms with Crippen LogP contribution < -0.4 is 21.5 Å². The summed E-state index contributed by atoms with van der Waals surface area (Å²) in [7, 11) is 0. The van der Waals surface area contributed by atoms with Crippen molar-refractivity contribution in [3.63, 3.8) is 0 Å². The van der Waals surface area contributed by atoms with E-state index in [2.05, 4.69) is 22.1 Å². The normalized spacial score (nSPS) is 13.6. The molecule has 0 spiro atoms. The lowest BCUT2D eigenvalue weighted by molar-refractivity contribution is -0.128. The SMILES string of the molecule is CCc1cc(Nc2cc(=O)n(CCSCC(=O)N3CCN(c4ccc(F)cc4)CC3)c(=O)[nH]2)ccc1C. The van der Waals surface area contributed by atoms with Crippen molar-refractivity contribution in [2.45, 2.75) is 26.8 Å². The second kappa shape index (κ2) is 12.1. The van der Waals surface area contributed by atoms with Crippen LogP contribution in [0.4, 0.5) is 21.6 Å². The Morgan fingerprint density at radius 3 is 2.46 bits per heavy atom. The minimum absolute atomic E-state index is 0.0362. The van der Waals surface area contributed by atoms with Crippen LogP contribution in [0.3, 0.4) is 0 Å². The fourth-order valence-electron chi connectivity index (χ4n) is 4.36. The molecular weight excluding hydrogens is 493 g/mol. The summed E-state index contributed by atoms with van der Waals surface area (Å²) >= 11 is 1.40. The molecule has 1 fully saturated rings. The first-order valence-corrected chi connectivity index (χ1v) is 13.6. The molecule has 0 unspecified atom stereocenters. The number of rotatable bonds is 9. The summed E-state index contributed by atoms with van der Waals surface area (Å²) in [6.45, 7) is 6.93. The van der Waals surface area contributed by atoms with Crippen molar-refractivity contribution < 1.29 is 9.18 Å². The molecular formula is C27H32FN5O3S. The highest BCUT2D eigenvalue weighted by atomic mass is 32.2. The van der Waals surface area contributed by atoms with Crippen molar-refractivity contribution in [3.05, 3.63) is 86.3 Å². The van der Waals surface area contributed by atoms with Gasteiger partial charge in [0.05, 0.1) is 5.75 Å². The molecule has 8 nitrogen and oxygen atoms in total. The maximum Gasteiger partial charge on any atom is 0.329 e. The topological polar surface area (TPSA) is 90.4 Å². The number of halogens is 1. The molecule has 196 valence electrons. The maximum absolute atomic E-state index is 13.1. The van der Waals surface area contributed by atoms with Gasteiger partial charge in [-0.05, 0) is 60.9 Å². The number of carbonyl (C=O) groups is 1. The third kappa shape index (κ3) is 6.82. The van der Waals surface area contributed by atoms with Gasteiger partial charge in [0.25, 0.3) is 5.56 Å². The summed E-state index contributed by atoms with van der Waals surface area (Å²) < 4.78 is 14.3. The number of nitrogens with one attached hydrogen (secondary N) is 2. The molecule has 37 heavy (non-hydrogen) atoms. The predicted octanol–water partition coefficient (Wildman–Crippen LogP) is 3.37. The monoisotopic (exact) mass is 525 g/mol. The van der Waals surface area contributed by atoms with E-state index < -0.39 is 11.2 Å². The number of benzene rings is 2. The van der Waals surface area contributed by atoms with Gasteiger partial charge in [-0.25, -0.2) is 9.18 Å². The van der Waals surface area contributed by atoms with Gasteiger partial charge in [0.1, 0.15) is 11.6 Å². The van der Waals surface area contributed by atoms with Crippen LogP contribution in [0.1, 0.15) is 18.1 Å². The number of aromatic nitrogens is 2.